The van der Waals surface area contributed by atoms with Gasteiger partial charge in [-0.15, -0.1) is 0 Å². The van der Waals surface area contributed by atoms with E-state index in [9.17, 15) is 0 Å². The molecule has 0 bridgehead atoms. The fourth-order valence-electron chi connectivity index (χ4n) is 20.7. The van der Waals surface area contributed by atoms with E-state index in [4.69, 9.17) is 0 Å². The molecule has 0 N–H and O–H groups in total. The van der Waals surface area contributed by atoms with Crippen LogP contribution in [0.1, 0.15) is 44.5 Å². The Morgan fingerprint density at radius 3 is 1.28 bits per heavy atom. The molecule has 0 saturated heterocycles. The lowest BCUT2D eigenvalue weighted by molar-refractivity contribution is 0.726. The second-order valence-corrected chi connectivity index (χ2v) is 32.5. The van der Waals surface area contributed by atoms with Crippen LogP contribution in [0, 0.1) is 0 Å². The number of hydrogen-bond donors (Lipinski definition) is 0. The second kappa shape index (κ2) is 23.1. The quantitative estimate of drug-likeness (QED) is 0.165. The van der Waals surface area contributed by atoms with Gasteiger partial charge in [0, 0.05) is 79.7 Å². The van der Waals surface area contributed by atoms with Gasteiger partial charge in [-0.2, -0.15) is 0 Å². The SMILES string of the molecule is c1ccc(-c2cc(-c3ccccc3)cc(-n3c4ccc5c(c4c4ccc6ccccc6c43)Sc3ccccc3C53c4ccccc4-c4cc(-c5cccc6c5ccc5c7c8c(ccc7n(-c7ccc9c(c7)c7ccccc7n9-c7ccccc7)c65)C5(c6ccccc6S8)c6ccccc6-c6ccccc65)ccc43)c2)cc1. The number of para-hydroxylation sites is 2. The molecule has 0 radical (unpaired) electrons. The highest BCUT2D eigenvalue weighted by Gasteiger charge is 2.53. The molecule has 2 spiro atoms. The van der Waals surface area contributed by atoms with E-state index in [1.165, 1.54) is 207 Å². The van der Waals surface area contributed by atoms with Gasteiger partial charge < -0.3 is 13.7 Å². The van der Waals surface area contributed by atoms with E-state index in [0.717, 1.165) is 17.1 Å². The lowest BCUT2D eigenvalue weighted by atomic mass is 9.67. The van der Waals surface area contributed by atoms with Crippen molar-refractivity contribution in [2.24, 2.45) is 0 Å². The Bertz CT molecular complexity index is 7540. The zero-order chi connectivity index (χ0) is 72.4. The number of fused-ring (bicyclic) bond motifs is 33. The molecule has 0 amide bonds. The minimum absolute atomic E-state index is 0.535. The Morgan fingerprint density at radius 2 is 0.649 bits per heavy atom. The molecule has 514 valence electrons. The summed E-state index contributed by atoms with van der Waals surface area (Å²) < 4.78 is 7.63. The van der Waals surface area contributed by atoms with Crippen molar-refractivity contribution in [3.05, 3.63) is 427 Å². The summed E-state index contributed by atoms with van der Waals surface area (Å²) in [6, 6.07) is 145. The third-order valence-electron chi connectivity index (χ3n) is 25.1. The smallest absolute Gasteiger partial charge is 0.0735 e. The van der Waals surface area contributed by atoms with Gasteiger partial charge in [0.05, 0.1) is 43.9 Å². The topological polar surface area (TPSA) is 14.8 Å². The maximum absolute atomic E-state index is 2.62. The van der Waals surface area contributed by atoms with Gasteiger partial charge in [-0.1, -0.05) is 321 Å². The summed E-state index contributed by atoms with van der Waals surface area (Å²) in [5.74, 6) is 0. The summed E-state index contributed by atoms with van der Waals surface area (Å²) in [5, 5.41) is 12.3. The van der Waals surface area contributed by atoms with Gasteiger partial charge in [0.25, 0.3) is 0 Å². The van der Waals surface area contributed by atoms with Crippen molar-refractivity contribution in [2.45, 2.75) is 30.4 Å². The van der Waals surface area contributed by atoms with Crippen molar-refractivity contribution in [3.63, 3.8) is 0 Å². The van der Waals surface area contributed by atoms with Crippen LogP contribution >= 0.6 is 23.5 Å². The molecule has 25 rings (SSSR count). The highest BCUT2D eigenvalue weighted by atomic mass is 32.2. The first-order valence-corrected chi connectivity index (χ1v) is 40.1. The monoisotopic (exact) mass is 1440 g/mol. The average molecular weight is 1440 g/mol. The molecule has 5 heteroatoms. The summed E-state index contributed by atoms with van der Waals surface area (Å²) in [7, 11) is 0. The highest BCUT2D eigenvalue weighted by Crippen LogP contribution is 2.67. The molecule has 1 unspecified atom stereocenters. The number of benzene rings is 18. The third-order valence-corrected chi connectivity index (χ3v) is 27.5. The van der Waals surface area contributed by atoms with Crippen molar-refractivity contribution in [2.75, 3.05) is 0 Å². The van der Waals surface area contributed by atoms with Crippen molar-refractivity contribution in [3.8, 4) is 72.7 Å². The molecular formula is C106H63N3S2. The molecular weight excluding hydrogens is 1380 g/mol. The van der Waals surface area contributed by atoms with Crippen molar-refractivity contribution in [1.82, 2.24) is 13.7 Å². The lowest BCUT2D eigenvalue weighted by Gasteiger charge is -2.40. The Hall–Kier alpha value is -13.4. The van der Waals surface area contributed by atoms with Crippen molar-refractivity contribution < 1.29 is 0 Å². The Labute approximate surface area is 649 Å². The molecule has 21 aromatic rings. The summed E-state index contributed by atoms with van der Waals surface area (Å²) in [4.78, 5) is 5.16. The average Bonchev–Trinajstić information content (AvgIpc) is 1.53. The zero-order valence-corrected chi connectivity index (χ0v) is 61.7. The van der Waals surface area contributed by atoms with E-state index in [1.807, 2.05) is 23.5 Å². The van der Waals surface area contributed by atoms with Crippen LogP contribution < -0.4 is 0 Å². The van der Waals surface area contributed by atoms with E-state index < -0.39 is 10.8 Å². The van der Waals surface area contributed by atoms with Gasteiger partial charge in [0.2, 0.25) is 0 Å². The highest BCUT2D eigenvalue weighted by molar-refractivity contribution is 8.00. The second-order valence-electron chi connectivity index (χ2n) is 30.4. The number of aromatic nitrogens is 3. The summed E-state index contributed by atoms with van der Waals surface area (Å²) in [6.07, 6.45) is 0. The van der Waals surface area contributed by atoms with Gasteiger partial charge in [-0.05, 0) is 196 Å². The first kappa shape index (κ1) is 61.6. The van der Waals surface area contributed by atoms with Crippen LogP contribution in [0.3, 0.4) is 0 Å². The number of hydrogen-bond acceptors (Lipinski definition) is 2. The standard InChI is InChI=1S/C106H63N3S2/c1-4-25-64(26-5-1)68-59-69(65-27-6-2-7-28-65)61-72(60-68)109-96-58-55-92-104(99(96)81-50-47-66-29-10-11-32-74(66)101(81)109)111-98-46-23-20-43-90(98)106(92)87-41-18-14-35-78(87)83-62-67(48-53-88(83)106)73-37-24-38-80-75(73)51-52-82-100-95(108(102(80)82)71-49-56-94-84(63-71)79-36-15-21-44-93(79)107(94)70-30-8-3-9-31-70)57-54-91-103(100)110-97-45-22-19-42-89(97)105(91)85-39-16-12-33-76(85)77-34-13-17-40-86(77)105/h1-63H. The molecule has 18 aromatic carbocycles. The zero-order valence-electron chi connectivity index (χ0n) is 60.0. The van der Waals surface area contributed by atoms with E-state index in [-0.39, 0.29) is 0 Å². The fourth-order valence-corrected chi connectivity index (χ4v) is 23.4. The molecule has 2 aliphatic carbocycles. The van der Waals surface area contributed by atoms with Gasteiger partial charge in [-0.25, -0.2) is 0 Å². The predicted molar refractivity (Wildman–Crippen MR) is 464 cm³/mol. The van der Waals surface area contributed by atoms with Crippen LogP contribution in [0.25, 0.3) is 160 Å². The van der Waals surface area contributed by atoms with E-state index >= 15 is 0 Å². The Kier molecular flexibility index (Phi) is 12.8. The minimum Gasteiger partial charge on any atom is -0.309 e. The first-order valence-electron chi connectivity index (χ1n) is 38.4. The number of rotatable bonds is 6. The van der Waals surface area contributed by atoms with E-state index in [2.05, 4.69) is 396 Å². The van der Waals surface area contributed by atoms with Crippen molar-refractivity contribution in [1.29, 1.82) is 0 Å². The molecule has 3 nitrogen and oxygen atoms in total. The van der Waals surface area contributed by atoms with Gasteiger partial charge >= 0.3 is 0 Å². The number of nitrogens with zero attached hydrogens (tertiary/aromatic N) is 3. The van der Waals surface area contributed by atoms with Crippen molar-refractivity contribution >= 4 is 110 Å². The molecule has 2 aliphatic heterocycles. The minimum atomic E-state index is -0.645. The maximum Gasteiger partial charge on any atom is 0.0735 e. The maximum atomic E-state index is 2.62. The largest absolute Gasteiger partial charge is 0.309 e. The fraction of sp³-hybridized carbons (Fsp3) is 0.0189. The first-order chi connectivity index (χ1) is 55.1. The normalized spacial score (nSPS) is 14.7. The van der Waals surface area contributed by atoms with Crippen LogP contribution in [0.15, 0.2) is 402 Å². The molecule has 0 saturated carbocycles. The molecule has 1 atom stereocenters. The van der Waals surface area contributed by atoms with E-state index in [1.54, 1.807) is 0 Å². The Balaban J connectivity index is 0.722. The van der Waals surface area contributed by atoms with E-state index in [0.29, 0.717) is 0 Å². The summed E-state index contributed by atoms with van der Waals surface area (Å²) in [5.41, 5.74) is 32.2. The molecule has 3 aromatic heterocycles. The van der Waals surface area contributed by atoms with Gasteiger partial charge in [-0.3, -0.25) is 0 Å². The van der Waals surface area contributed by atoms with Crippen LogP contribution in [0.4, 0.5) is 0 Å². The Morgan fingerprint density at radius 1 is 0.198 bits per heavy atom. The van der Waals surface area contributed by atoms with Crippen LogP contribution in [-0.4, -0.2) is 13.7 Å². The molecule has 4 aliphatic rings. The molecule has 0 fully saturated rings. The van der Waals surface area contributed by atoms with Crippen LogP contribution in [0.5, 0.6) is 0 Å². The predicted octanol–water partition coefficient (Wildman–Crippen LogP) is 27.9. The summed E-state index contributed by atoms with van der Waals surface area (Å²) >= 11 is 3.89. The lowest BCUT2D eigenvalue weighted by Crippen LogP contribution is -2.32. The molecule has 111 heavy (non-hydrogen) atoms. The van der Waals surface area contributed by atoms with Gasteiger partial charge in [0.15, 0.2) is 0 Å². The van der Waals surface area contributed by atoms with Crippen LogP contribution in [0.2, 0.25) is 0 Å². The molecule has 5 heterocycles. The summed E-state index contributed by atoms with van der Waals surface area (Å²) in [6.45, 7) is 0. The van der Waals surface area contributed by atoms with Crippen LogP contribution in [-0.2, 0) is 10.8 Å². The van der Waals surface area contributed by atoms with Gasteiger partial charge in [0.1, 0.15) is 0 Å². The third kappa shape index (κ3) is 8.25.